The van der Waals surface area contributed by atoms with Crippen molar-refractivity contribution in [2.45, 2.75) is 19.9 Å². The van der Waals surface area contributed by atoms with Crippen molar-refractivity contribution in [3.63, 3.8) is 0 Å². The molecule has 6 heteroatoms. The summed E-state index contributed by atoms with van der Waals surface area (Å²) in [6, 6.07) is 14.8. The number of rotatable bonds is 7. The molecule has 0 bridgehead atoms. The summed E-state index contributed by atoms with van der Waals surface area (Å²) < 4.78 is 5.11. The summed E-state index contributed by atoms with van der Waals surface area (Å²) >= 11 is 6.12. The Bertz CT molecular complexity index is 735. The Balaban J connectivity index is 1.94. The van der Waals surface area contributed by atoms with E-state index in [-0.39, 0.29) is 24.8 Å². The van der Waals surface area contributed by atoms with Crippen molar-refractivity contribution >= 4 is 29.1 Å². The van der Waals surface area contributed by atoms with Crippen molar-refractivity contribution < 1.29 is 14.3 Å². The third-order valence-corrected chi connectivity index (χ3v) is 4.02. The van der Waals surface area contributed by atoms with Gasteiger partial charge in [0.25, 0.3) is 0 Å². The van der Waals surface area contributed by atoms with Crippen LogP contribution in [-0.2, 0) is 16.1 Å². The molecule has 0 aliphatic carbocycles. The predicted octanol–water partition coefficient (Wildman–Crippen LogP) is 3.41. The number of hydrogen-bond acceptors (Lipinski definition) is 3. The lowest BCUT2D eigenvalue weighted by molar-refractivity contribution is -0.121. The van der Waals surface area contributed by atoms with E-state index >= 15 is 0 Å². The minimum absolute atomic E-state index is 0.116. The largest absolute Gasteiger partial charge is 0.495 e. The molecule has 0 fully saturated rings. The van der Waals surface area contributed by atoms with Gasteiger partial charge in [0.2, 0.25) is 11.8 Å². The van der Waals surface area contributed by atoms with E-state index < -0.39 is 0 Å². The molecule has 2 aromatic carbocycles. The quantitative estimate of drug-likeness (QED) is 0.823. The molecule has 0 saturated heterocycles. The minimum Gasteiger partial charge on any atom is -0.495 e. The van der Waals surface area contributed by atoms with Gasteiger partial charge in [-0.15, -0.1) is 0 Å². The molecular weight excluding hydrogens is 340 g/mol. The van der Waals surface area contributed by atoms with Crippen molar-refractivity contribution in [3.8, 4) is 5.75 Å². The number of amides is 2. The Hall–Kier alpha value is -2.53. The number of nitrogens with one attached hydrogen (secondary N) is 1. The summed E-state index contributed by atoms with van der Waals surface area (Å²) in [6.07, 6.45) is 0.204. The second kappa shape index (κ2) is 9.08. The Morgan fingerprint density at radius 3 is 2.48 bits per heavy atom. The topological polar surface area (TPSA) is 58.6 Å². The molecule has 0 aliphatic heterocycles. The van der Waals surface area contributed by atoms with Crippen molar-refractivity contribution in [1.29, 1.82) is 0 Å². The van der Waals surface area contributed by atoms with Crippen molar-refractivity contribution in [2.24, 2.45) is 0 Å². The highest BCUT2D eigenvalue weighted by Crippen LogP contribution is 2.29. The minimum atomic E-state index is -0.155. The number of nitrogens with zero attached hydrogens (tertiary/aromatic N) is 1. The second-order valence-electron chi connectivity index (χ2n) is 5.50. The molecule has 5 nitrogen and oxygen atoms in total. The molecule has 0 saturated carbocycles. The highest BCUT2D eigenvalue weighted by Gasteiger charge is 2.15. The van der Waals surface area contributed by atoms with Crippen LogP contribution in [0.2, 0.25) is 5.02 Å². The standard InChI is InChI=1S/C19H21ClN2O3/c1-14(23)22(16-8-9-18(25-2)17(20)12-16)11-10-19(24)21-13-15-6-4-3-5-7-15/h3-9,12H,10-11,13H2,1-2H3,(H,21,24). The molecule has 0 unspecified atom stereocenters. The van der Waals surface area contributed by atoms with E-state index in [1.54, 1.807) is 18.2 Å². The zero-order valence-corrected chi connectivity index (χ0v) is 15.0. The van der Waals surface area contributed by atoms with Crippen LogP contribution in [0.5, 0.6) is 5.75 Å². The number of benzene rings is 2. The molecular formula is C19H21ClN2O3. The molecule has 2 aromatic rings. The van der Waals surface area contributed by atoms with Crippen LogP contribution in [0.3, 0.4) is 0 Å². The maximum atomic E-state index is 12.0. The zero-order chi connectivity index (χ0) is 18.2. The van der Waals surface area contributed by atoms with Gasteiger partial charge in [0.15, 0.2) is 0 Å². The van der Waals surface area contributed by atoms with Crippen LogP contribution in [-0.4, -0.2) is 25.5 Å². The number of anilines is 1. The monoisotopic (exact) mass is 360 g/mol. The molecule has 0 aliphatic rings. The Morgan fingerprint density at radius 1 is 1.16 bits per heavy atom. The lowest BCUT2D eigenvalue weighted by Gasteiger charge is -2.21. The fourth-order valence-corrected chi connectivity index (χ4v) is 2.64. The fraction of sp³-hybridized carbons (Fsp3) is 0.263. The van der Waals surface area contributed by atoms with Crippen LogP contribution in [0.25, 0.3) is 0 Å². The maximum absolute atomic E-state index is 12.0. The Morgan fingerprint density at radius 2 is 1.88 bits per heavy atom. The zero-order valence-electron chi connectivity index (χ0n) is 14.3. The number of carbonyl (C=O) groups is 2. The first-order chi connectivity index (χ1) is 12.0. The number of hydrogen-bond donors (Lipinski definition) is 1. The van der Waals surface area contributed by atoms with Gasteiger partial charge < -0.3 is 15.0 Å². The molecule has 0 aromatic heterocycles. The van der Waals surface area contributed by atoms with Gasteiger partial charge in [-0.2, -0.15) is 0 Å². The molecule has 0 spiro atoms. The molecule has 132 valence electrons. The van der Waals surface area contributed by atoms with Gasteiger partial charge in [-0.3, -0.25) is 9.59 Å². The van der Waals surface area contributed by atoms with Gasteiger partial charge >= 0.3 is 0 Å². The molecule has 2 amide bonds. The lowest BCUT2D eigenvalue weighted by atomic mass is 10.2. The van der Waals surface area contributed by atoms with E-state index in [0.717, 1.165) is 5.56 Å². The van der Waals surface area contributed by atoms with E-state index in [9.17, 15) is 9.59 Å². The van der Waals surface area contributed by atoms with E-state index in [0.29, 0.717) is 23.0 Å². The molecule has 25 heavy (non-hydrogen) atoms. The number of carbonyl (C=O) groups excluding carboxylic acids is 2. The average Bonchev–Trinajstić information content (AvgIpc) is 2.61. The molecule has 2 rings (SSSR count). The molecule has 0 heterocycles. The van der Waals surface area contributed by atoms with Crippen molar-refractivity contribution in [1.82, 2.24) is 5.32 Å². The van der Waals surface area contributed by atoms with Crippen LogP contribution in [0, 0.1) is 0 Å². The average molecular weight is 361 g/mol. The SMILES string of the molecule is COc1ccc(N(CCC(=O)NCc2ccccc2)C(C)=O)cc1Cl. The third kappa shape index (κ3) is 5.50. The first-order valence-corrected chi connectivity index (χ1v) is 8.31. The number of methoxy groups -OCH3 is 1. The smallest absolute Gasteiger partial charge is 0.223 e. The van der Waals surface area contributed by atoms with Gasteiger partial charge in [-0.05, 0) is 23.8 Å². The summed E-state index contributed by atoms with van der Waals surface area (Å²) in [5, 5.41) is 3.27. The summed E-state index contributed by atoms with van der Waals surface area (Å²) in [6.45, 7) is 2.20. The van der Waals surface area contributed by atoms with Crippen LogP contribution >= 0.6 is 11.6 Å². The van der Waals surface area contributed by atoms with Gasteiger partial charge in [0.05, 0.1) is 12.1 Å². The molecule has 1 N–H and O–H groups in total. The highest BCUT2D eigenvalue weighted by atomic mass is 35.5. The van der Waals surface area contributed by atoms with Crippen molar-refractivity contribution in [2.75, 3.05) is 18.6 Å². The Kier molecular flexibility index (Phi) is 6.83. The molecule has 0 atom stereocenters. The fourth-order valence-electron chi connectivity index (χ4n) is 2.39. The van der Waals surface area contributed by atoms with Crippen LogP contribution in [0.4, 0.5) is 5.69 Å². The summed E-state index contributed by atoms with van der Waals surface area (Å²) in [5.41, 5.74) is 1.66. The van der Waals surface area contributed by atoms with E-state index in [2.05, 4.69) is 5.32 Å². The Labute approximate surface area is 152 Å². The predicted molar refractivity (Wildman–Crippen MR) is 98.9 cm³/mol. The summed E-state index contributed by atoms with van der Waals surface area (Å²) in [7, 11) is 1.53. The summed E-state index contributed by atoms with van der Waals surface area (Å²) in [5.74, 6) is 0.265. The molecule has 0 radical (unpaired) electrons. The normalized spacial score (nSPS) is 10.2. The first kappa shape index (κ1) is 18.8. The maximum Gasteiger partial charge on any atom is 0.223 e. The van der Waals surface area contributed by atoms with Gasteiger partial charge in [-0.25, -0.2) is 0 Å². The van der Waals surface area contributed by atoms with Crippen LogP contribution < -0.4 is 15.0 Å². The first-order valence-electron chi connectivity index (χ1n) is 7.93. The number of halogens is 1. The highest BCUT2D eigenvalue weighted by molar-refractivity contribution is 6.32. The van der Waals surface area contributed by atoms with Gasteiger partial charge in [-0.1, -0.05) is 41.9 Å². The van der Waals surface area contributed by atoms with E-state index in [1.807, 2.05) is 30.3 Å². The van der Waals surface area contributed by atoms with Crippen LogP contribution in [0.1, 0.15) is 18.9 Å². The van der Waals surface area contributed by atoms with E-state index in [1.165, 1.54) is 18.9 Å². The van der Waals surface area contributed by atoms with Gasteiger partial charge in [0.1, 0.15) is 5.75 Å². The third-order valence-electron chi connectivity index (χ3n) is 3.72. The van der Waals surface area contributed by atoms with Gasteiger partial charge in [0, 0.05) is 32.1 Å². The van der Waals surface area contributed by atoms with Crippen molar-refractivity contribution in [3.05, 3.63) is 59.1 Å². The van der Waals surface area contributed by atoms with Crippen LogP contribution in [0.15, 0.2) is 48.5 Å². The lowest BCUT2D eigenvalue weighted by Crippen LogP contribution is -2.33. The number of ether oxygens (including phenoxy) is 1. The second-order valence-corrected chi connectivity index (χ2v) is 5.91. The summed E-state index contributed by atoms with van der Waals surface area (Å²) in [4.78, 5) is 25.5. The van der Waals surface area contributed by atoms with E-state index in [4.69, 9.17) is 16.3 Å².